The Bertz CT molecular complexity index is 737. The number of benzene rings is 2. The average molecular weight is 380 g/mol. The number of hydrogen-bond acceptors (Lipinski definition) is 4. The number of nitrogens with zero attached hydrogens (tertiary/aromatic N) is 2. The van der Waals surface area contributed by atoms with E-state index in [-0.39, 0.29) is 6.29 Å². The molecule has 2 atom stereocenters. The van der Waals surface area contributed by atoms with Gasteiger partial charge in [-0.3, -0.25) is 4.90 Å². The number of ether oxygens (including phenoxy) is 2. The molecule has 3 rings (SSSR count). The molecule has 148 valence electrons. The standard InChI is InChI=1S/C23H28N2O3/c1-24-21-12-10-20(11-13-21)22(26)18-25(17-19-7-3-2-4-8-19)14-16-28-23-9-5-6-15-27-23/h2-4,7-8,10-13,22-23,26H,5-6,9,14-18H2/t22-,23?/m0/s1. The molecule has 0 saturated carbocycles. The molecule has 1 unspecified atom stereocenters. The summed E-state index contributed by atoms with van der Waals surface area (Å²) in [7, 11) is 0. The van der Waals surface area contributed by atoms with Crippen LogP contribution < -0.4 is 0 Å². The molecule has 2 aromatic carbocycles. The summed E-state index contributed by atoms with van der Waals surface area (Å²) >= 11 is 0. The smallest absolute Gasteiger partial charge is 0.187 e. The van der Waals surface area contributed by atoms with Crippen LogP contribution >= 0.6 is 0 Å². The molecule has 0 aromatic heterocycles. The molecular formula is C23H28N2O3. The van der Waals surface area contributed by atoms with Gasteiger partial charge in [0.05, 0.1) is 19.3 Å². The predicted octanol–water partition coefficient (Wildman–Crippen LogP) is 4.32. The first kappa shape index (κ1) is 20.5. The van der Waals surface area contributed by atoms with Gasteiger partial charge in [-0.1, -0.05) is 54.6 Å². The molecule has 0 spiro atoms. The first-order valence-corrected chi connectivity index (χ1v) is 9.89. The monoisotopic (exact) mass is 380 g/mol. The van der Waals surface area contributed by atoms with Crippen molar-refractivity contribution in [1.29, 1.82) is 0 Å². The van der Waals surface area contributed by atoms with E-state index in [9.17, 15) is 5.11 Å². The fraction of sp³-hybridized carbons (Fsp3) is 0.435. The maximum atomic E-state index is 10.7. The van der Waals surface area contributed by atoms with Crippen LogP contribution in [-0.2, 0) is 16.0 Å². The second kappa shape index (κ2) is 10.9. The fourth-order valence-corrected chi connectivity index (χ4v) is 3.35. The third-order valence-electron chi connectivity index (χ3n) is 4.94. The molecule has 1 fully saturated rings. The van der Waals surface area contributed by atoms with E-state index in [1.807, 2.05) is 30.3 Å². The summed E-state index contributed by atoms with van der Waals surface area (Å²) in [5, 5.41) is 10.7. The summed E-state index contributed by atoms with van der Waals surface area (Å²) in [4.78, 5) is 5.60. The van der Waals surface area contributed by atoms with Gasteiger partial charge in [-0.05, 0) is 30.4 Å². The number of aliphatic hydroxyl groups is 1. The zero-order valence-electron chi connectivity index (χ0n) is 16.2. The van der Waals surface area contributed by atoms with Crippen LogP contribution in [-0.4, -0.2) is 42.6 Å². The van der Waals surface area contributed by atoms with Crippen LogP contribution in [0.2, 0.25) is 0 Å². The Labute approximate surface area is 167 Å². The van der Waals surface area contributed by atoms with Crippen molar-refractivity contribution < 1.29 is 14.6 Å². The zero-order valence-corrected chi connectivity index (χ0v) is 16.2. The highest BCUT2D eigenvalue weighted by Gasteiger charge is 2.17. The van der Waals surface area contributed by atoms with E-state index in [1.54, 1.807) is 12.1 Å². The lowest BCUT2D eigenvalue weighted by Gasteiger charge is -2.27. The Morgan fingerprint density at radius 1 is 1.14 bits per heavy atom. The van der Waals surface area contributed by atoms with Crippen LogP contribution in [0, 0.1) is 6.57 Å². The first-order valence-electron chi connectivity index (χ1n) is 9.89. The fourth-order valence-electron chi connectivity index (χ4n) is 3.35. The SMILES string of the molecule is [C-]#[N+]c1ccc([C@@H](O)CN(CCOC2CCCCO2)Cc2ccccc2)cc1. The molecule has 1 heterocycles. The van der Waals surface area contributed by atoms with Crippen molar-refractivity contribution in [3.8, 4) is 0 Å². The topological polar surface area (TPSA) is 46.3 Å². The second-order valence-corrected chi connectivity index (χ2v) is 7.11. The van der Waals surface area contributed by atoms with Crippen molar-refractivity contribution >= 4 is 5.69 Å². The molecule has 1 N–H and O–H groups in total. The van der Waals surface area contributed by atoms with Crippen molar-refractivity contribution in [2.75, 3.05) is 26.3 Å². The average Bonchev–Trinajstić information content (AvgIpc) is 2.75. The van der Waals surface area contributed by atoms with Crippen LogP contribution in [0.3, 0.4) is 0 Å². The summed E-state index contributed by atoms with van der Waals surface area (Å²) in [6, 6.07) is 17.4. The minimum Gasteiger partial charge on any atom is -0.387 e. The molecule has 2 aromatic rings. The maximum Gasteiger partial charge on any atom is 0.187 e. The molecule has 0 bridgehead atoms. The summed E-state index contributed by atoms with van der Waals surface area (Å²) in [5.74, 6) is 0. The van der Waals surface area contributed by atoms with Gasteiger partial charge in [-0.15, -0.1) is 0 Å². The Hall–Kier alpha value is -2.23. The third kappa shape index (κ3) is 6.43. The van der Waals surface area contributed by atoms with E-state index >= 15 is 0 Å². The summed E-state index contributed by atoms with van der Waals surface area (Å²) < 4.78 is 11.5. The largest absolute Gasteiger partial charge is 0.387 e. The molecule has 1 saturated heterocycles. The lowest BCUT2D eigenvalue weighted by Crippen LogP contribution is -2.33. The number of aliphatic hydroxyl groups excluding tert-OH is 1. The van der Waals surface area contributed by atoms with Crippen molar-refractivity contribution in [2.24, 2.45) is 0 Å². The van der Waals surface area contributed by atoms with E-state index in [2.05, 4.69) is 21.9 Å². The van der Waals surface area contributed by atoms with E-state index < -0.39 is 6.10 Å². The van der Waals surface area contributed by atoms with Gasteiger partial charge in [0.1, 0.15) is 0 Å². The predicted molar refractivity (Wildman–Crippen MR) is 109 cm³/mol. The van der Waals surface area contributed by atoms with Crippen molar-refractivity contribution in [3.05, 3.63) is 77.1 Å². The number of hydrogen-bond donors (Lipinski definition) is 1. The highest BCUT2D eigenvalue weighted by atomic mass is 16.7. The minimum atomic E-state index is -0.616. The van der Waals surface area contributed by atoms with Gasteiger partial charge in [-0.2, -0.15) is 0 Å². The molecular weight excluding hydrogens is 352 g/mol. The van der Waals surface area contributed by atoms with E-state index in [1.165, 1.54) is 5.56 Å². The molecule has 28 heavy (non-hydrogen) atoms. The van der Waals surface area contributed by atoms with E-state index in [0.29, 0.717) is 25.4 Å². The Morgan fingerprint density at radius 2 is 1.93 bits per heavy atom. The van der Waals surface area contributed by atoms with Gasteiger partial charge in [0.15, 0.2) is 12.0 Å². The normalized spacial score (nSPS) is 18.0. The van der Waals surface area contributed by atoms with Crippen LogP contribution in [0.5, 0.6) is 0 Å². The molecule has 5 nitrogen and oxygen atoms in total. The molecule has 0 radical (unpaired) electrons. The second-order valence-electron chi connectivity index (χ2n) is 7.11. The molecule has 0 aliphatic carbocycles. The van der Waals surface area contributed by atoms with E-state index in [4.69, 9.17) is 16.0 Å². The summed E-state index contributed by atoms with van der Waals surface area (Å²) in [6.07, 6.45) is 2.50. The first-order chi connectivity index (χ1) is 13.7. The van der Waals surface area contributed by atoms with Crippen LogP contribution in [0.1, 0.15) is 36.5 Å². The molecule has 1 aliphatic heterocycles. The Kier molecular flexibility index (Phi) is 8.01. The highest BCUT2D eigenvalue weighted by Crippen LogP contribution is 2.20. The molecule has 0 amide bonds. The molecule has 5 heteroatoms. The van der Waals surface area contributed by atoms with Gasteiger partial charge in [0, 0.05) is 26.2 Å². The highest BCUT2D eigenvalue weighted by molar-refractivity contribution is 5.45. The van der Waals surface area contributed by atoms with Crippen molar-refractivity contribution in [3.63, 3.8) is 0 Å². The van der Waals surface area contributed by atoms with Gasteiger partial charge < -0.3 is 14.6 Å². The van der Waals surface area contributed by atoms with Crippen LogP contribution in [0.25, 0.3) is 4.85 Å². The van der Waals surface area contributed by atoms with Crippen molar-refractivity contribution in [1.82, 2.24) is 4.90 Å². The van der Waals surface area contributed by atoms with Crippen molar-refractivity contribution in [2.45, 2.75) is 38.2 Å². The summed E-state index contributed by atoms with van der Waals surface area (Å²) in [6.45, 7) is 10.4. The van der Waals surface area contributed by atoms with Gasteiger partial charge in [-0.25, -0.2) is 4.85 Å². The third-order valence-corrected chi connectivity index (χ3v) is 4.94. The Balaban J connectivity index is 1.58. The minimum absolute atomic E-state index is 0.0987. The Morgan fingerprint density at radius 3 is 2.61 bits per heavy atom. The maximum absolute atomic E-state index is 10.7. The zero-order chi connectivity index (χ0) is 19.6. The lowest BCUT2D eigenvalue weighted by molar-refractivity contribution is -0.164. The quantitative estimate of drug-likeness (QED) is 0.658. The lowest BCUT2D eigenvalue weighted by atomic mass is 10.1. The summed E-state index contributed by atoms with van der Waals surface area (Å²) in [5.41, 5.74) is 2.60. The van der Waals surface area contributed by atoms with Crippen LogP contribution in [0.4, 0.5) is 5.69 Å². The van der Waals surface area contributed by atoms with Crippen LogP contribution in [0.15, 0.2) is 54.6 Å². The van der Waals surface area contributed by atoms with Gasteiger partial charge in [0.2, 0.25) is 0 Å². The number of rotatable bonds is 9. The van der Waals surface area contributed by atoms with Gasteiger partial charge >= 0.3 is 0 Å². The molecule has 1 aliphatic rings. The van der Waals surface area contributed by atoms with Gasteiger partial charge in [0.25, 0.3) is 0 Å². The van der Waals surface area contributed by atoms with E-state index in [0.717, 1.165) is 38.0 Å².